The highest BCUT2D eigenvalue weighted by Gasteiger charge is 2.15. The van der Waals surface area contributed by atoms with E-state index in [1.165, 1.54) is 36.4 Å². The first-order chi connectivity index (χ1) is 9.88. The molecule has 108 valence electrons. The smallest absolute Gasteiger partial charge is 0.271 e. The molecule has 21 heavy (non-hydrogen) atoms. The van der Waals surface area contributed by atoms with Crippen molar-refractivity contribution in [1.29, 1.82) is 0 Å². The SMILES string of the molecule is O=C(Nc1cc([N+](=O)[O-])ccc1Cl)c1ccc(Cl)cc1Cl. The molecule has 0 heterocycles. The minimum atomic E-state index is -0.582. The highest BCUT2D eigenvalue weighted by Crippen LogP contribution is 2.28. The summed E-state index contributed by atoms with van der Waals surface area (Å²) in [6.45, 7) is 0. The largest absolute Gasteiger partial charge is 0.320 e. The van der Waals surface area contributed by atoms with Crippen molar-refractivity contribution < 1.29 is 9.72 Å². The van der Waals surface area contributed by atoms with Crippen LogP contribution in [0.15, 0.2) is 36.4 Å². The Kier molecular flexibility index (Phi) is 4.67. The maximum absolute atomic E-state index is 12.1. The molecule has 0 saturated carbocycles. The van der Waals surface area contributed by atoms with E-state index in [1.807, 2.05) is 0 Å². The predicted molar refractivity (Wildman–Crippen MR) is 82.5 cm³/mol. The van der Waals surface area contributed by atoms with Gasteiger partial charge in [-0.25, -0.2) is 0 Å². The Labute approximate surface area is 134 Å². The van der Waals surface area contributed by atoms with E-state index in [4.69, 9.17) is 34.8 Å². The Morgan fingerprint density at radius 2 is 1.76 bits per heavy atom. The fourth-order valence-corrected chi connectivity index (χ4v) is 2.24. The van der Waals surface area contributed by atoms with Crippen LogP contribution < -0.4 is 5.32 Å². The van der Waals surface area contributed by atoms with Crippen LogP contribution in [0.25, 0.3) is 0 Å². The number of halogens is 3. The molecule has 1 amide bonds. The maximum Gasteiger partial charge on any atom is 0.271 e. The fraction of sp³-hybridized carbons (Fsp3) is 0. The molecule has 0 spiro atoms. The number of nitrogens with one attached hydrogen (secondary N) is 1. The van der Waals surface area contributed by atoms with Crippen LogP contribution in [-0.2, 0) is 0 Å². The zero-order chi connectivity index (χ0) is 15.6. The van der Waals surface area contributed by atoms with E-state index in [1.54, 1.807) is 0 Å². The van der Waals surface area contributed by atoms with Gasteiger partial charge < -0.3 is 5.32 Å². The highest BCUT2D eigenvalue weighted by molar-refractivity contribution is 6.37. The predicted octanol–water partition coefficient (Wildman–Crippen LogP) is 4.81. The van der Waals surface area contributed by atoms with Gasteiger partial charge in [-0.3, -0.25) is 14.9 Å². The second-order valence-corrected chi connectivity index (χ2v) is 5.25. The Bertz CT molecular complexity index is 735. The van der Waals surface area contributed by atoms with Gasteiger partial charge in [-0.05, 0) is 24.3 Å². The molecule has 0 fully saturated rings. The highest BCUT2D eigenvalue weighted by atomic mass is 35.5. The molecule has 0 aliphatic carbocycles. The number of rotatable bonds is 3. The lowest BCUT2D eigenvalue weighted by Gasteiger charge is -2.08. The van der Waals surface area contributed by atoms with E-state index in [9.17, 15) is 14.9 Å². The molecule has 1 N–H and O–H groups in total. The van der Waals surface area contributed by atoms with Gasteiger partial charge >= 0.3 is 0 Å². The van der Waals surface area contributed by atoms with Gasteiger partial charge in [-0.2, -0.15) is 0 Å². The number of carbonyl (C=O) groups excluding carboxylic acids is 1. The number of nitro groups is 1. The molecule has 8 heteroatoms. The van der Waals surface area contributed by atoms with Crippen LogP contribution in [0.4, 0.5) is 11.4 Å². The summed E-state index contributed by atoms with van der Waals surface area (Å²) in [6, 6.07) is 8.13. The lowest BCUT2D eigenvalue weighted by atomic mass is 10.2. The van der Waals surface area contributed by atoms with Crippen molar-refractivity contribution in [2.45, 2.75) is 0 Å². The van der Waals surface area contributed by atoms with E-state index in [0.29, 0.717) is 5.02 Å². The van der Waals surface area contributed by atoms with E-state index in [-0.39, 0.29) is 27.0 Å². The van der Waals surface area contributed by atoms with E-state index in [0.717, 1.165) is 0 Å². The molecule has 5 nitrogen and oxygen atoms in total. The first-order valence-electron chi connectivity index (χ1n) is 5.59. The quantitative estimate of drug-likeness (QED) is 0.641. The number of nitro benzene ring substituents is 1. The van der Waals surface area contributed by atoms with Crippen LogP contribution in [0.3, 0.4) is 0 Å². The topological polar surface area (TPSA) is 72.2 Å². The van der Waals surface area contributed by atoms with Crippen molar-refractivity contribution in [3.8, 4) is 0 Å². The first kappa shape index (κ1) is 15.6. The molecule has 2 aromatic carbocycles. The van der Waals surface area contributed by atoms with Crippen molar-refractivity contribution in [3.63, 3.8) is 0 Å². The number of amides is 1. The summed E-state index contributed by atoms with van der Waals surface area (Å²) >= 11 is 17.6. The Hall–Kier alpha value is -1.82. The number of benzene rings is 2. The fourth-order valence-electron chi connectivity index (χ4n) is 1.59. The summed E-state index contributed by atoms with van der Waals surface area (Å²) in [6.07, 6.45) is 0. The van der Waals surface area contributed by atoms with Crippen molar-refractivity contribution >= 4 is 52.1 Å². The van der Waals surface area contributed by atoms with Crippen LogP contribution >= 0.6 is 34.8 Å². The third-order valence-corrected chi connectivity index (χ3v) is 3.46. The number of non-ortho nitro benzene ring substituents is 1. The summed E-state index contributed by atoms with van der Waals surface area (Å²) in [7, 11) is 0. The molecule has 2 rings (SSSR count). The Morgan fingerprint density at radius 1 is 1.05 bits per heavy atom. The molecular weight excluding hydrogens is 339 g/mol. The number of anilines is 1. The minimum absolute atomic E-state index is 0.127. The lowest BCUT2D eigenvalue weighted by molar-refractivity contribution is -0.384. The number of carbonyl (C=O) groups is 1. The molecule has 0 atom stereocenters. The zero-order valence-electron chi connectivity index (χ0n) is 10.3. The molecular formula is C13H7Cl3N2O3. The van der Waals surface area contributed by atoms with E-state index >= 15 is 0 Å². The van der Waals surface area contributed by atoms with Crippen LogP contribution in [-0.4, -0.2) is 10.8 Å². The Balaban J connectivity index is 2.31. The van der Waals surface area contributed by atoms with Crippen molar-refractivity contribution in [2.75, 3.05) is 5.32 Å². The summed E-state index contributed by atoms with van der Waals surface area (Å²) in [5.41, 5.74) is 0.127. The van der Waals surface area contributed by atoms with Gasteiger partial charge in [-0.15, -0.1) is 0 Å². The van der Waals surface area contributed by atoms with Crippen molar-refractivity contribution in [1.82, 2.24) is 0 Å². The number of hydrogen-bond acceptors (Lipinski definition) is 3. The molecule has 2 aromatic rings. The maximum atomic E-state index is 12.1. The number of nitrogens with zero attached hydrogens (tertiary/aromatic N) is 1. The minimum Gasteiger partial charge on any atom is -0.320 e. The van der Waals surface area contributed by atoms with E-state index < -0.39 is 10.8 Å². The van der Waals surface area contributed by atoms with Crippen LogP contribution in [0.5, 0.6) is 0 Å². The molecule has 0 radical (unpaired) electrons. The van der Waals surface area contributed by atoms with Gasteiger partial charge in [0.25, 0.3) is 11.6 Å². The average molecular weight is 346 g/mol. The van der Waals surface area contributed by atoms with Gasteiger partial charge in [0.05, 0.1) is 26.2 Å². The van der Waals surface area contributed by atoms with Crippen LogP contribution in [0.1, 0.15) is 10.4 Å². The summed E-state index contributed by atoms with van der Waals surface area (Å²) in [4.78, 5) is 22.3. The molecule has 0 aromatic heterocycles. The summed E-state index contributed by atoms with van der Waals surface area (Å²) in [5.74, 6) is -0.543. The molecule has 0 aliphatic heterocycles. The van der Waals surface area contributed by atoms with Gasteiger partial charge in [-0.1, -0.05) is 34.8 Å². The van der Waals surface area contributed by atoms with Gasteiger partial charge in [0.1, 0.15) is 0 Å². The summed E-state index contributed by atoms with van der Waals surface area (Å²) < 4.78 is 0. The van der Waals surface area contributed by atoms with Crippen LogP contribution in [0.2, 0.25) is 15.1 Å². The van der Waals surface area contributed by atoms with Gasteiger partial charge in [0, 0.05) is 17.2 Å². The monoisotopic (exact) mass is 344 g/mol. The van der Waals surface area contributed by atoms with Gasteiger partial charge in [0.15, 0.2) is 0 Å². The molecule has 0 aliphatic rings. The normalized spacial score (nSPS) is 10.2. The van der Waals surface area contributed by atoms with E-state index in [2.05, 4.69) is 5.32 Å². The molecule has 0 saturated heterocycles. The number of hydrogen-bond donors (Lipinski definition) is 1. The van der Waals surface area contributed by atoms with Crippen molar-refractivity contribution in [2.24, 2.45) is 0 Å². The summed E-state index contributed by atoms with van der Waals surface area (Å²) in [5, 5.41) is 13.9. The standard InChI is InChI=1S/C13H7Cl3N2O3/c14-7-1-3-9(11(16)5-7)13(19)17-12-6-8(18(20)21)2-4-10(12)15/h1-6H,(H,17,19). The Morgan fingerprint density at radius 3 is 2.38 bits per heavy atom. The molecule has 0 unspecified atom stereocenters. The van der Waals surface area contributed by atoms with Gasteiger partial charge in [0.2, 0.25) is 0 Å². The van der Waals surface area contributed by atoms with Crippen molar-refractivity contribution in [3.05, 3.63) is 67.1 Å². The first-order valence-corrected chi connectivity index (χ1v) is 6.72. The lowest BCUT2D eigenvalue weighted by Crippen LogP contribution is -2.13. The third kappa shape index (κ3) is 3.64. The zero-order valence-corrected chi connectivity index (χ0v) is 12.5. The average Bonchev–Trinajstić information content (AvgIpc) is 2.40. The second kappa shape index (κ2) is 6.30. The third-order valence-electron chi connectivity index (χ3n) is 2.58. The van der Waals surface area contributed by atoms with Crippen LogP contribution in [0, 0.1) is 10.1 Å². The molecule has 0 bridgehead atoms. The second-order valence-electron chi connectivity index (χ2n) is 4.00.